The van der Waals surface area contributed by atoms with Gasteiger partial charge in [0.2, 0.25) is 0 Å². The molecule has 1 aromatic rings. The summed E-state index contributed by atoms with van der Waals surface area (Å²) < 4.78 is 0. The first kappa shape index (κ1) is 13.0. The molecule has 1 aromatic heterocycles. The van der Waals surface area contributed by atoms with Crippen molar-refractivity contribution >= 4 is 0 Å². The van der Waals surface area contributed by atoms with Gasteiger partial charge in [0.05, 0.1) is 6.10 Å². The minimum atomic E-state index is -0.264. The Kier molecular flexibility index (Phi) is 4.29. The molecule has 0 saturated carbocycles. The summed E-state index contributed by atoms with van der Waals surface area (Å²) in [5.41, 5.74) is 1.50. The Morgan fingerprint density at radius 3 is 3.22 bits per heavy atom. The quantitative estimate of drug-likeness (QED) is 0.877. The highest BCUT2D eigenvalue weighted by molar-refractivity contribution is 5.30. The van der Waals surface area contributed by atoms with Gasteiger partial charge in [0.1, 0.15) is 11.8 Å². The second-order valence-electron chi connectivity index (χ2n) is 4.97. The van der Waals surface area contributed by atoms with Gasteiger partial charge in [0.15, 0.2) is 0 Å². The van der Waals surface area contributed by atoms with Crippen molar-refractivity contribution in [1.29, 1.82) is 5.26 Å². The van der Waals surface area contributed by atoms with E-state index in [1.165, 1.54) is 6.42 Å². The van der Waals surface area contributed by atoms with Gasteiger partial charge < -0.3 is 5.11 Å². The number of pyridine rings is 1. The fraction of sp³-hybridized carbons (Fsp3) is 0.571. The number of hydrogen-bond donors (Lipinski definition) is 1. The van der Waals surface area contributed by atoms with Gasteiger partial charge in [0.25, 0.3) is 0 Å². The highest BCUT2D eigenvalue weighted by atomic mass is 16.3. The van der Waals surface area contributed by atoms with Gasteiger partial charge in [-0.1, -0.05) is 6.07 Å². The Labute approximate surface area is 108 Å². The first-order valence-corrected chi connectivity index (χ1v) is 6.47. The van der Waals surface area contributed by atoms with Gasteiger partial charge in [0, 0.05) is 24.3 Å². The van der Waals surface area contributed by atoms with Crippen LogP contribution in [0.4, 0.5) is 0 Å². The van der Waals surface area contributed by atoms with E-state index in [-0.39, 0.29) is 6.10 Å². The van der Waals surface area contributed by atoms with Crippen molar-refractivity contribution in [3.63, 3.8) is 0 Å². The maximum Gasteiger partial charge on any atom is 0.144 e. The fourth-order valence-corrected chi connectivity index (χ4v) is 2.65. The molecule has 0 bridgehead atoms. The largest absolute Gasteiger partial charge is 0.393 e. The molecule has 0 spiro atoms. The van der Waals surface area contributed by atoms with Crippen molar-refractivity contribution in [3.8, 4) is 6.07 Å². The molecule has 0 aromatic carbocycles. The maximum atomic E-state index is 9.51. The van der Waals surface area contributed by atoms with E-state index >= 15 is 0 Å². The van der Waals surface area contributed by atoms with E-state index in [4.69, 9.17) is 5.26 Å². The number of likely N-dealkylation sites (tertiary alicyclic amines) is 1. The molecule has 1 fully saturated rings. The van der Waals surface area contributed by atoms with E-state index < -0.39 is 0 Å². The molecule has 0 amide bonds. The van der Waals surface area contributed by atoms with Crippen LogP contribution in [0.5, 0.6) is 0 Å². The molecule has 0 radical (unpaired) electrons. The van der Waals surface area contributed by atoms with Gasteiger partial charge in [-0.2, -0.15) is 5.26 Å². The summed E-state index contributed by atoms with van der Waals surface area (Å²) in [4.78, 5) is 6.44. The van der Waals surface area contributed by atoms with Crippen LogP contribution < -0.4 is 0 Å². The predicted octanol–water partition coefficient (Wildman–Crippen LogP) is 1.69. The predicted molar refractivity (Wildman–Crippen MR) is 68.7 cm³/mol. The van der Waals surface area contributed by atoms with Crippen molar-refractivity contribution in [2.45, 2.75) is 44.9 Å². The van der Waals surface area contributed by atoms with Crippen LogP contribution in [0.1, 0.15) is 37.4 Å². The summed E-state index contributed by atoms with van der Waals surface area (Å²) in [6, 6.07) is 6.40. The van der Waals surface area contributed by atoms with Crippen LogP contribution in [0.25, 0.3) is 0 Å². The molecule has 2 rings (SSSR count). The number of rotatable bonds is 4. The van der Waals surface area contributed by atoms with Gasteiger partial charge >= 0.3 is 0 Å². The highest BCUT2D eigenvalue weighted by Crippen LogP contribution is 2.24. The third-order valence-electron chi connectivity index (χ3n) is 3.48. The Morgan fingerprint density at radius 2 is 2.50 bits per heavy atom. The second-order valence-corrected chi connectivity index (χ2v) is 4.97. The van der Waals surface area contributed by atoms with Crippen LogP contribution in [0.2, 0.25) is 0 Å². The van der Waals surface area contributed by atoms with Gasteiger partial charge in [-0.25, -0.2) is 4.98 Å². The standard InChI is InChI=1S/C14H19N3O/c1-11(18)8-13-5-3-7-17(13)10-12-4-2-6-16-14(12)9-15/h2,4,6,11,13,18H,3,5,7-8,10H2,1H3. The number of aliphatic hydroxyl groups is 1. The van der Waals surface area contributed by atoms with Crippen LogP contribution in [0.3, 0.4) is 0 Å². The van der Waals surface area contributed by atoms with Crippen molar-refractivity contribution in [3.05, 3.63) is 29.6 Å². The zero-order chi connectivity index (χ0) is 13.0. The molecule has 2 atom stereocenters. The lowest BCUT2D eigenvalue weighted by molar-refractivity contribution is 0.130. The molecule has 2 heterocycles. The molecule has 1 aliphatic heterocycles. The lowest BCUT2D eigenvalue weighted by atomic mass is 10.1. The van der Waals surface area contributed by atoms with Crippen molar-refractivity contribution in [1.82, 2.24) is 9.88 Å². The average molecular weight is 245 g/mol. The molecule has 1 aliphatic rings. The molecule has 1 N–H and O–H groups in total. The van der Waals surface area contributed by atoms with E-state index in [1.807, 2.05) is 19.1 Å². The molecule has 1 saturated heterocycles. The summed E-state index contributed by atoms with van der Waals surface area (Å²) in [5.74, 6) is 0. The van der Waals surface area contributed by atoms with Gasteiger partial charge in [-0.05, 0) is 38.8 Å². The van der Waals surface area contributed by atoms with Crippen LogP contribution >= 0.6 is 0 Å². The van der Waals surface area contributed by atoms with Crippen molar-refractivity contribution < 1.29 is 5.11 Å². The Balaban J connectivity index is 2.06. The van der Waals surface area contributed by atoms with Crippen LogP contribution in [-0.4, -0.2) is 33.7 Å². The minimum absolute atomic E-state index is 0.264. The van der Waals surface area contributed by atoms with Crippen LogP contribution in [0, 0.1) is 11.3 Å². The lowest BCUT2D eigenvalue weighted by Gasteiger charge is -2.25. The summed E-state index contributed by atoms with van der Waals surface area (Å²) >= 11 is 0. The summed E-state index contributed by atoms with van der Waals surface area (Å²) in [7, 11) is 0. The molecule has 4 heteroatoms. The number of aromatic nitrogens is 1. The SMILES string of the molecule is CC(O)CC1CCCN1Cc1cccnc1C#N. The summed E-state index contributed by atoms with van der Waals surface area (Å²) in [5, 5.41) is 18.5. The third-order valence-corrected chi connectivity index (χ3v) is 3.48. The topological polar surface area (TPSA) is 60.1 Å². The number of nitrogens with zero attached hydrogens (tertiary/aromatic N) is 3. The summed E-state index contributed by atoms with van der Waals surface area (Å²) in [6.07, 6.45) is 4.49. The number of aliphatic hydroxyl groups excluding tert-OH is 1. The Morgan fingerprint density at radius 1 is 1.67 bits per heavy atom. The van der Waals surface area contributed by atoms with E-state index in [2.05, 4.69) is 16.0 Å². The van der Waals surface area contributed by atoms with E-state index in [9.17, 15) is 5.11 Å². The van der Waals surface area contributed by atoms with Gasteiger partial charge in [-0.15, -0.1) is 0 Å². The van der Waals surface area contributed by atoms with E-state index in [0.717, 1.165) is 31.5 Å². The zero-order valence-electron chi connectivity index (χ0n) is 10.7. The Hall–Kier alpha value is -1.44. The molecule has 18 heavy (non-hydrogen) atoms. The minimum Gasteiger partial charge on any atom is -0.393 e. The molecule has 96 valence electrons. The monoisotopic (exact) mass is 245 g/mol. The molecule has 4 nitrogen and oxygen atoms in total. The molecule has 0 aliphatic carbocycles. The number of hydrogen-bond acceptors (Lipinski definition) is 4. The van der Waals surface area contributed by atoms with Gasteiger partial charge in [-0.3, -0.25) is 4.90 Å². The fourth-order valence-electron chi connectivity index (χ4n) is 2.65. The lowest BCUT2D eigenvalue weighted by Crippen LogP contribution is -2.31. The smallest absolute Gasteiger partial charge is 0.144 e. The maximum absolute atomic E-state index is 9.51. The zero-order valence-corrected chi connectivity index (χ0v) is 10.7. The average Bonchev–Trinajstić information content (AvgIpc) is 2.76. The Bertz CT molecular complexity index is 439. The highest BCUT2D eigenvalue weighted by Gasteiger charge is 2.26. The number of nitriles is 1. The first-order valence-electron chi connectivity index (χ1n) is 6.47. The van der Waals surface area contributed by atoms with Crippen LogP contribution in [0.15, 0.2) is 18.3 Å². The van der Waals surface area contributed by atoms with Crippen molar-refractivity contribution in [2.24, 2.45) is 0 Å². The second kappa shape index (κ2) is 5.94. The normalized spacial score (nSPS) is 21.7. The molecule has 2 unspecified atom stereocenters. The van der Waals surface area contributed by atoms with E-state index in [1.54, 1.807) is 6.20 Å². The summed E-state index contributed by atoms with van der Waals surface area (Å²) in [6.45, 7) is 3.63. The first-order chi connectivity index (χ1) is 8.70. The molecular weight excluding hydrogens is 226 g/mol. The van der Waals surface area contributed by atoms with E-state index in [0.29, 0.717) is 11.7 Å². The molecular formula is C14H19N3O. The third kappa shape index (κ3) is 3.06. The van der Waals surface area contributed by atoms with Crippen LogP contribution in [-0.2, 0) is 6.54 Å². The van der Waals surface area contributed by atoms with Crippen molar-refractivity contribution in [2.75, 3.05) is 6.54 Å².